The summed E-state index contributed by atoms with van der Waals surface area (Å²) < 4.78 is 1.80. The molecule has 0 aliphatic carbocycles. The lowest BCUT2D eigenvalue weighted by atomic mass is 10.2. The van der Waals surface area contributed by atoms with Crippen LogP contribution >= 0.6 is 0 Å². The summed E-state index contributed by atoms with van der Waals surface area (Å²) in [6, 6.07) is 13.1. The lowest BCUT2D eigenvalue weighted by molar-refractivity contribution is 0.102. The predicted octanol–water partition coefficient (Wildman–Crippen LogP) is 3.30. The number of benzene rings is 1. The van der Waals surface area contributed by atoms with Crippen LogP contribution in [0.25, 0.3) is 5.52 Å². The van der Waals surface area contributed by atoms with Crippen LogP contribution in [0.5, 0.6) is 0 Å². The Bertz CT molecular complexity index is 1090. The van der Waals surface area contributed by atoms with Crippen molar-refractivity contribution < 1.29 is 4.79 Å². The molecule has 0 aliphatic rings. The number of carbonyl (C=O) groups is 1. The Labute approximate surface area is 156 Å². The highest BCUT2D eigenvalue weighted by molar-refractivity contribution is 6.04. The molecule has 1 aromatic carbocycles. The number of nitrogens with zero attached hydrogens (tertiary/aromatic N) is 4. The molecule has 134 valence electrons. The van der Waals surface area contributed by atoms with Crippen molar-refractivity contribution in [2.75, 3.05) is 10.6 Å². The van der Waals surface area contributed by atoms with Gasteiger partial charge in [-0.15, -0.1) is 0 Å². The molecule has 2 N–H and O–H groups in total. The molecule has 1 amide bonds. The van der Waals surface area contributed by atoms with E-state index in [0.717, 1.165) is 28.3 Å². The number of aromatic nitrogens is 4. The summed E-state index contributed by atoms with van der Waals surface area (Å²) in [4.78, 5) is 20.6. The van der Waals surface area contributed by atoms with E-state index in [1.807, 2.05) is 43.5 Å². The molecule has 0 atom stereocenters. The SMILES string of the molecule is Cc1cc2c(NCc3cccc(NC(=O)c4ccncc4)c3)nccn2n1. The minimum atomic E-state index is -0.163. The summed E-state index contributed by atoms with van der Waals surface area (Å²) in [6.45, 7) is 2.53. The minimum Gasteiger partial charge on any atom is -0.364 e. The van der Waals surface area contributed by atoms with E-state index in [1.165, 1.54) is 0 Å². The quantitative estimate of drug-likeness (QED) is 0.572. The lowest BCUT2D eigenvalue weighted by Gasteiger charge is -2.09. The normalized spacial score (nSPS) is 10.7. The molecule has 27 heavy (non-hydrogen) atoms. The van der Waals surface area contributed by atoms with Crippen molar-refractivity contribution >= 4 is 22.9 Å². The fourth-order valence-electron chi connectivity index (χ4n) is 2.83. The van der Waals surface area contributed by atoms with Gasteiger partial charge in [0.15, 0.2) is 5.82 Å². The maximum atomic E-state index is 12.3. The first kappa shape index (κ1) is 16.7. The van der Waals surface area contributed by atoms with Crippen molar-refractivity contribution in [3.8, 4) is 0 Å². The topological polar surface area (TPSA) is 84.2 Å². The van der Waals surface area contributed by atoms with E-state index in [-0.39, 0.29) is 5.91 Å². The van der Waals surface area contributed by atoms with E-state index < -0.39 is 0 Å². The van der Waals surface area contributed by atoms with Gasteiger partial charge in [0, 0.05) is 42.6 Å². The van der Waals surface area contributed by atoms with Crippen molar-refractivity contribution in [3.05, 3.63) is 84.1 Å². The summed E-state index contributed by atoms with van der Waals surface area (Å²) in [7, 11) is 0. The van der Waals surface area contributed by atoms with Gasteiger partial charge in [-0.1, -0.05) is 12.1 Å². The van der Waals surface area contributed by atoms with Crippen molar-refractivity contribution in [3.63, 3.8) is 0 Å². The Morgan fingerprint density at radius 3 is 2.81 bits per heavy atom. The van der Waals surface area contributed by atoms with Crippen molar-refractivity contribution in [2.45, 2.75) is 13.5 Å². The zero-order chi connectivity index (χ0) is 18.6. The van der Waals surface area contributed by atoms with Crippen molar-refractivity contribution in [1.29, 1.82) is 0 Å². The minimum absolute atomic E-state index is 0.163. The first-order valence-electron chi connectivity index (χ1n) is 8.54. The molecule has 0 bridgehead atoms. The summed E-state index contributed by atoms with van der Waals surface area (Å²) in [5.41, 5.74) is 4.20. The Balaban J connectivity index is 1.47. The number of hydrogen-bond donors (Lipinski definition) is 2. The van der Waals surface area contributed by atoms with Gasteiger partial charge in [-0.25, -0.2) is 9.50 Å². The van der Waals surface area contributed by atoms with Crippen LogP contribution in [0, 0.1) is 6.92 Å². The van der Waals surface area contributed by atoms with E-state index in [4.69, 9.17) is 0 Å². The van der Waals surface area contributed by atoms with Crippen LogP contribution in [0.4, 0.5) is 11.5 Å². The monoisotopic (exact) mass is 358 g/mol. The molecule has 0 fully saturated rings. The molecular formula is C20H18N6O. The molecule has 7 heteroatoms. The Morgan fingerprint density at radius 2 is 1.96 bits per heavy atom. The molecule has 4 aromatic rings. The molecule has 0 spiro atoms. The highest BCUT2D eigenvalue weighted by Gasteiger charge is 2.07. The maximum Gasteiger partial charge on any atom is 0.255 e. The molecule has 0 radical (unpaired) electrons. The Kier molecular flexibility index (Phi) is 4.49. The third-order valence-corrected chi connectivity index (χ3v) is 4.10. The molecule has 4 rings (SSSR count). The van der Waals surface area contributed by atoms with Crippen molar-refractivity contribution in [1.82, 2.24) is 19.6 Å². The van der Waals surface area contributed by atoms with Gasteiger partial charge in [0.1, 0.15) is 5.52 Å². The smallest absolute Gasteiger partial charge is 0.255 e. The third-order valence-electron chi connectivity index (χ3n) is 4.10. The van der Waals surface area contributed by atoms with Crippen LogP contribution in [0.15, 0.2) is 67.3 Å². The van der Waals surface area contributed by atoms with Crippen molar-refractivity contribution in [2.24, 2.45) is 0 Å². The largest absolute Gasteiger partial charge is 0.364 e. The Hall–Kier alpha value is -3.74. The number of fused-ring (bicyclic) bond motifs is 1. The van der Waals surface area contributed by atoms with Crippen LogP contribution < -0.4 is 10.6 Å². The number of carbonyl (C=O) groups excluding carboxylic acids is 1. The standard InChI is InChI=1S/C20H18N6O/c1-14-11-18-19(22-9-10-26(18)25-14)23-13-15-3-2-4-17(12-15)24-20(27)16-5-7-21-8-6-16/h2-12H,13H2,1H3,(H,22,23)(H,24,27). The predicted molar refractivity (Wildman–Crippen MR) is 104 cm³/mol. The molecule has 0 unspecified atom stereocenters. The van der Waals surface area contributed by atoms with Crippen LogP contribution in [0.1, 0.15) is 21.6 Å². The summed E-state index contributed by atoms with van der Waals surface area (Å²) >= 11 is 0. The fraction of sp³-hybridized carbons (Fsp3) is 0.100. The van der Waals surface area contributed by atoms with Gasteiger partial charge in [0.25, 0.3) is 5.91 Å². The highest BCUT2D eigenvalue weighted by Crippen LogP contribution is 2.17. The number of amides is 1. The second kappa shape index (κ2) is 7.25. The van der Waals surface area contributed by atoms with Gasteiger partial charge in [0.05, 0.1) is 5.69 Å². The number of nitrogens with one attached hydrogen (secondary N) is 2. The maximum absolute atomic E-state index is 12.3. The van der Waals surface area contributed by atoms with Gasteiger partial charge in [-0.2, -0.15) is 5.10 Å². The van der Waals surface area contributed by atoms with E-state index in [1.54, 1.807) is 35.2 Å². The third kappa shape index (κ3) is 3.77. The zero-order valence-electron chi connectivity index (χ0n) is 14.8. The highest BCUT2D eigenvalue weighted by atomic mass is 16.1. The van der Waals surface area contributed by atoms with Gasteiger partial charge in [-0.3, -0.25) is 9.78 Å². The average molecular weight is 358 g/mol. The molecule has 0 aliphatic heterocycles. The number of rotatable bonds is 5. The van der Waals surface area contributed by atoms with Crippen LogP contribution in [-0.2, 0) is 6.54 Å². The van der Waals surface area contributed by atoms with Crippen LogP contribution in [0.2, 0.25) is 0 Å². The summed E-state index contributed by atoms with van der Waals surface area (Å²) in [6.07, 6.45) is 6.73. The van der Waals surface area contributed by atoms with Gasteiger partial charge in [0.2, 0.25) is 0 Å². The molecule has 7 nitrogen and oxygen atoms in total. The summed E-state index contributed by atoms with van der Waals surface area (Å²) in [5.74, 6) is 0.605. The number of anilines is 2. The van der Waals surface area contributed by atoms with E-state index in [0.29, 0.717) is 12.1 Å². The summed E-state index contributed by atoms with van der Waals surface area (Å²) in [5, 5.41) is 10.6. The lowest BCUT2D eigenvalue weighted by Crippen LogP contribution is -2.12. The van der Waals surface area contributed by atoms with E-state index in [9.17, 15) is 4.79 Å². The van der Waals surface area contributed by atoms with Gasteiger partial charge < -0.3 is 10.6 Å². The second-order valence-corrected chi connectivity index (χ2v) is 6.14. The van der Waals surface area contributed by atoms with Gasteiger partial charge >= 0.3 is 0 Å². The molecular weight excluding hydrogens is 340 g/mol. The number of aryl methyl sites for hydroxylation is 1. The molecule has 0 saturated heterocycles. The number of hydrogen-bond acceptors (Lipinski definition) is 5. The number of pyridine rings is 1. The Morgan fingerprint density at radius 1 is 1.11 bits per heavy atom. The van der Waals surface area contributed by atoms with E-state index in [2.05, 4.69) is 25.7 Å². The molecule has 3 aromatic heterocycles. The zero-order valence-corrected chi connectivity index (χ0v) is 14.8. The van der Waals surface area contributed by atoms with Crippen LogP contribution in [-0.4, -0.2) is 25.5 Å². The second-order valence-electron chi connectivity index (χ2n) is 6.14. The fourth-order valence-corrected chi connectivity index (χ4v) is 2.83. The first-order valence-corrected chi connectivity index (χ1v) is 8.54. The molecule has 0 saturated carbocycles. The first-order chi connectivity index (χ1) is 13.2. The molecule has 3 heterocycles. The van der Waals surface area contributed by atoms with Crippen LogP contribution in [0.3, 0.4) is 0 Å². The van der Waals surface area contributed by atoms with E-state index >= 15 is 0 Å². The average Bonchev–Trinajstić information content (AvgIpc) is 3.08. The van der Waals surface area contributed by atoms with Gasteiger partial charge in [-0.05, 0) is 42.8 Å².